The molecule has 0 fully saturated rings. The van der Waals surface area contributed by atoms with Crippen molar-refractivity contribution in [3.63, 3.8) is 0 Å². The lowest BCUT2D eigenvalue weighted by Crippen LogP contribution is -2.12. The Bertz CT molecular complexity index is 211. The Morgan fingerprint density at radius 2 is 1.58 bits per heavy atom. The zero-order chi connectivity index (χ0) is 14.5. The molecule has 19 heavy (non-hydrogen) atoms. The molecule has 0 aromatic heterocycles. The van der Waals surface area contributed by atoms with Gasteiger partial charge in [-0.3, -0.25) is 4.79 Å². The van der Waals surface area contributed by atoms with Crippen molar-refractivity contribution in [1.29, 1.82) is 0 Å². The van der Waals surface area contributed by atoms with E-state index in [1.807, 2.05) is 0 Å². The van der Waals surface area contributed by atoms with Gasteiger partial charge in [0.15, 0.2) is 0 Å². The average Bonchev–Trinajstić information content (AvgIpc) is 2.40. The molecule has 0 aliphatic rings. The van der Waals surface area contributed by atoms with E-state index >= 15 is 0 Å². The lowest BCUT2D eigenvalue weighted by Gasteiger charge is -2.16. The van der Waals surface area contributed by atoms with Crippen LogP contribution in [0.15, 0.2) is 0 Å². The van der Waals surface area contributed by atoms with E-state index in [1.54, 1.807) is 18.7 Å². The van der Waals surface area contributed by atoms with Gasteiger partial charge in [-0.25, -0.2) is 0 Å². The number of carbonyl (C=O) groups is 1. The molecule has 0 spiro atoms. The van der Waals surface area contributed by atoms with Crippen LogP contribution in [0, 0.1) is 11.8 Å². The van der Waals surface area contributed by atoms with Crippen molar-refractivity contribution in [3.8, 4) is 0 Å². The van der Waals surface area contributed by atoms with Gasteiger partial charge in [0.2, 0.25) is 0 Å². The van der Waals surface area contributed by atoms with Crippen LogP contribution in [0.4, 0.5) is 0 Å². The molecule has 0 aromatic carbocycles. The minimum Gasteiger partial charge on any atom is -0.481 e. The number of carboxylic acid groups (broad SMARTS) is 1. The van der Waals surface area contributed by atoms with Gasteiger partial charge in [0.1, 0.15) is 0 Å². The summed E-state index contributed by atoms with van der Waals surface area (Å²) in [6.07, 6.45) is 10.7. The van der Waals surface area contributed by atoms with Crippen LogP contribution in [0.25, 0.3) is 0 Å². The summed E-state index contributed by atoms with van der Waals surface area (Å²) in [5, 5.41) is 8.81. The highest BCUT2D eigenvalue weighted by molar-refractivity contribution is 7.99. The third-order valence-electron chi connectivity index (χ3n) is 3.62. The molecule has 114 valence electrons. The van der Waals surface area contributed by atoms with Crippen LogP contribution in [-0.2, 0) is 4.79 Å². The largest absolute Gasteiger partial charge is 0.481 e. The van der Waals surface area contributed by atoms with Crippen molar-refractivity contribution in [2.45, 2.75) is 72.1 Å². The molecule has 0 rings (SSSR count). The molecule has 3 heteroatoms. The molecule has 2 nitrogen and oxygen atoms in total. The van der Waals surface area contributed by atoms with Gasteiger partial charge in [-0.1, -0.05) is 59.3 Å². The van der Waals surface area contributed by atoms with Gasteiger partial charge in [0, 0.05) is 5.75 Å². The minimum atomic E-state index is -0.670. The van der Waals surface area contributed by atoms with Gasteiger partial charge in [-0.05, 0) is 24.5 Å². The first-order valence-electron chi connectivity index (χ1n) is 7.92. The number of rotatable bonds is 13. The summed E-state index contributed by atoms with van der Waals surface area (Å²) < 4.78 is 0. The molecule has 0 heterocycles. The van der Waals surface area contributed by atoms with Gasteiger partial charge >= 0.3 is 5.97 Å². The molecular weight excluding hydrogens is 256 g/mol. The summed E-state index contributed by atoms with van der Waals surface area (Å²) >= 11 is 1.80. The van der Waals surface area contributed by atoms with Crippen molar-refractivity contribution in [2.24, 2.45) is 11.8 Å². The van der Waals surface area contributed by atoms with Crippen LogP contribution in [0.1, 0.15) is 72.1 Å². The predicted octanol–water partition coefficient (Wildman–Crippen LogP) is 5.22. The SMILES string of the molecule is CCCCC(CCCC)CCCSCC(C)C(=O)O. The van der Waals surface area contributed by atoms with E-state index in [4.69, 9.17) is 5.11 Å². The van der Waals surface area contributed by atoms with Crippen LogP contribution in [0.5, 0.6) is 0 Å². The summed E-state index contributed by atoms with van der Waals surface area (Å²) in [4.78, 5) is 10.7. The van der Waals surface area contributed by atoms with Crippen molar-refractivity contribution >= 4 is 17.7 Å². The fraction of sp³-hybridized carbons (Fsp3) is 0.938. The van der Waals surface area contributed by atoms with E-state index in [1.165, 1.54) is 51.4 Å². The van der Waals surface area contributed by atoms with E-state index in [9.17, 15) is 4.79 Å². The summed E-state index contributed by atoms with van der Waals surface area (Å²) in [7, 11) is 0. The number of thioether (sulfide) groups is 1. The molecular formula is C16H32O2S. The van der Waals surface area contributed by atoms with E-state index in [0.29, 0.717) is 0 Å². The number of hydrogen-bond acceptors (Lipinski definition) is 2. The lowest BCUT2D eigenvalue weighted by atomic mass is 9.92. The van der Waals surface area contributed by atoms with Crippen molar-refractivity contribution in [3.05, 3.63) is 0 Å². The lowest BCUT2D eigenvalue weighted by molar-refractivity contribution is -0.140. The Morgan fingerprint density at radius 3 is 2.05 bits per heavy atom. The van der Waals surface area contributed by atoms with Gasteiger partial charge in [0.05, 0.1) is 5.92 Å². The van der Waals surface area contributed by atoms with Crippen LogP contribution in [-0.4, -0.2) is 22.6 Å². The smallest absolute Gasteiger partial charge is 0.307 e. The Labute approximate surface area is 123 Å². The maximum absolute atomic E-state index is 10.7. The predicted molar refractivity (Wildman–Crippen MR) is 85.9 cm³/mol. The average molecular weight is 288 g/mol. The first kappa shape index (κ1) is 18.8. The molecule has 0 amide bonds. The zero-order valence-corrected chi connectivity index (χ0v) is 13.8. The fourth-order valence-electron chi connectivity index (χ4n) is 2.22. The van der Waals surface area contributed by atoms with E-state index in [-0.39, 0.29) is 5.92 Å². The van der Waals surface area contributed by atoms with Crippen LogP contribution in [0.2, 0.25) is 0 Å². The molecule has 1 atom stereocenters. The standard InChI is InChI=1S/C16H32O2S/c1-4-6-9-15(10-7-5-2)11-8-12-19-13-14(3)16(17)18/h14-15H,4-13H2,1-3H3,(H,17,18). The highest BCUT2D eigenvalue weighted by Gasteiger charge is 2.11. The Morgan fingerprint density at radius 1 is 1.05 bits per heavy atom. The van der Waals surface area contributed by atoms with E-state index < -0.39 is 5.97 Å². The molecule has 0 aromatic rings. The van der Waals surface area contributed by atoms with Gasteiger partial charge in [-0.15, -0.1) is 0 Å². The van der Waals surface area contributed by atoms with Gasteiger partial charge in [0.25, 0.3) is 0 Å². The second-order valence-corrected chi connectivity index (χ2v) is 6.76. The van der Waals surface area contributed by atoms with Crippen molar-refractivity contribution in [1.82, 2.24) is 0 Å². The first-order valence-corrected chi connectivity index (χ1v) is 9.07. The third kappa shape index (κ3) is 11.4. The Hall–Kier alpha value is -0.180. The minimum absolute atomic E-state index is 0.207. The Balaban J connectivity index is 3.64. The summed E-state index contributed by atoms with van der Waals surface area (Å²) in [6.45, 7) is 6.32. The number of aliphatic carboxylic acids is 1. The molecule has 1 N–H and O–H groups in total. The molecule has 0 radical (unpaired) electrons. The number of hydrogen-bond donors (Lipinski definition) is 1. The zero-order valence-electron chi connectivity index (χ0n) is 13.0. The molecule has 0 saturated heterocycles. The highest BCUT2D eigenvalue weighted by Crippen LogP contribution is 2.22. The number of carboxylic acids is 1. The van der Waals surface area contributed by atoms with E-state index in [0.717, 1.165) is 17.4 Å². The maximum Gasteiger partial charge on any atom is 0.307 e. The topological polar surface area (TPSA) is 37.3 Å². The third-order valence-corrected chi connectivity index (χ3v) is 4.94. The molecule has 0 bridgehead atoms. The maximum atomic E-state index is 10.7. The van der Waals surface area contributed by atoms with Crippen LogP contribution < -0.4 is 0 Å². The molecule has 0 aliphatic carbocycles. The van der Waals surface area contributed by atoms with Crippen LogP contribution in [0.3, 0.4) is 0 Å². The Kier molecular flexibility index (Phi) is 12.7. The second-order valence-electron chi connectivity index (χ2n) is 5.61. The monoisotopic (exact) mass is 288 g/mol. The van der Waals surface area contributed by atoms with Crippen molar-refractivity contribution < 1.29 is 9.90 Å². The molecule has 0 aliphatic heterocycles. The van der Waals surface area contributed by atoms with Gasteiger partial charge < -0.3 is 5.11 Å². The first-order chi connectivity index (χ1) is 9.11. The second kappa shape index (κ2) is 12.8. The van der Waals surface area contributed by atoms with Crippen LogP contribution >= 0.6 is 11.8 Å². The highest BCUT2D eigenvalue weighted by atomic mass is 32.2. The molecule has 0 saturated carbocycles. The quantitative estimate of drug-likeness (QED) is 0.472. The van der Waals surface area contributed by atoms with Crippen molar-refractivity contribution in [2.75, 3.05) is 11.5 Å². The normalized spacial score (nSPS) is 12.8. The fourth-order valence-corrected chi connectivity index (χ4v) is 3.26. The van der Waals surface area contributed by atoms with Gasteiger partial charge in [-0.2, -0.15) is 11.8 Å². The number of unbranched alkanes of at least 4 members (excludes halogenated alkanes) is 2. The van der Waals surface area contributed by atoms with E-state index in [2.05, 4.69) is 13.8 Å². The summed E-state index contributed by atoms with van der Waals surface area (Å²) in [5.74, 6) is 1.89. The summed E-state index contributed by atoms with van der Waals surface area (Å²) in [6, 6.07) is 0. The summed E-state index contributed by atoms with van der Waals surface area (Å²) in [5.41, 5.74) is 0. The molecule has 1 unspecified atom stereocenters.